The number of hydrogen-bond donors (Lipinski definition) is 2. The first-order chi connectivity index (χ1) is 14.3. The summed E-state index contributed by atoms with van der Waals surface area (Å²) >= 11 is 8.72. The smallest absolute Gasteiger partial charge is 0.264 e. The zero-order valence-electron chi connectivity index (χ0n) is 16.4. The number of carbonyl (C=O) groups excluding carboxylic acids is 2. The highest BCUT2D eigenvalue weighted by molar-refractivity contribution is 9.10. The third-order valence-electron chi connectivity index (χ3n) is 4.42. The highest BCUT2D eigenvalue weighted by Crippen LogP contribution is 2.32. The van der Waals surface area contributed by atoms with E-state index in [4.69, 9.17) is 17.0 Å². The van der Waals surface area contributed by atoms with Crippen molar-refractivity contribution in [2.75, 3.05) is 23.9 Å². The normalized spacial score (nSPS) is 10.4. The van der Waals surface area contributed by atoms with Crippen molar-refractivity contribution in [3.05, 3.63) is 65.1 Å². The molecule has 0 fully saturated rings. The Morgan fingerprint density at radius 2 is 1.77 bits per heavy atom. The van der Waals surface area contributed by atoms with Crippen LogP contribution in [0.25, 0.3) is 10.8 Å². The molecule has 3 aromatic carbocycles. The average molecular weight is 486 g/mol. The molecule has 0 unspecified atom stereocenters. The second-order valence-corrected chi connectivity index (χ2v) is 7.72. The summed E-state index contributed by atoms with van der Waals surface area (Å²) in [5.41, 5.74) is 1.46. The highest BCUT2D eigenvalue weighted by Gasteiger charge is 2.10. The number of anilines is 2. The summed E-state index contributed by atoms with van der Waals surface area (Å²) in [6, 6.07) is 18.8. The molecule has 0 aliphatic carbocycles. The van der Waals surface area contributed by atoms with E-state index in [1.54, 1.807) is 31.3 Å². The maximum atomic E-state index is 12.2. The van der Waals surface area contributed by atoms with Crippen LogP contribution in [-0.2, 0) is 9.59 Å². The van der Waals surface area contributed by atoms with E-state index in [0.29, 0.717) is 11.4 Å². The molecule has 0 atom stereocenters. The Hall–Kier alpha value is -2.97. The van der Waals surface area contributed by atoms with E-state index in [2.05, 4.69) is 26.6 Å². The van der Waals surface area contributed by atoms with Crippen LogP contribution in [0, 0.1) is 0 Å². The SMILES string of the molecule is CC(=O)N(C)c1ccc(NC(=S)NC(=O)COc2ccc3ccccc3c2Br)cc1. The maximum absolute atomic E-state index is 12.2. The van der Waals surface area contributed by atoms with E-state index < -0.39 is 0 Å². The number of halogens is 1. The summed E-state index contributed by atoms with van der Waals surface area (Å²) in [5, 5.41) is 7.76. The summed E-state index contributed by atoms with van der Waals surface area (Å²) in [6.07, 6.45) is 0. The third-order valence-corrected chi connectivity index (χ3v) is 5.45. The van der Waals surface area contributed by atoms with Gasteiger partial charge in [0.25, 0.3) is 5.91 Å². The van der Waals surface area contributed by atoms with Gasteiger partial charge in [0.2, 0.25) is 5.91 Å². The Morgan fingerprint density at radius 3 is 2.47 bits per heavy atom. The molecule has 3 aromatic rings. The molecule has 0 saturated carbocycles. The lowest BCUT2D eigenvalue weighted by molar-refractivity contribution is -0.121. The van der Waals surface area contributed by atoms with Crippen LogP contribution in [0.2, 0.25) is 0 Å². The molecule has 2 N–H and O–H groups in total. The van der Waals surface area contributed by atoms with Gasteiger partial charge in [0.1, 0.15) is 5.75 Å². The number of thiocarbonyl (C=S) groups is 1. The largest absolute Gasteiger partial charge is 0.483 e. The molecular formula is C22H20BrN3O3S. The summed E-state index contributed by atoms with van der Waals surface area (Å²) in [5.74, 6) is 0.143. The molecule has 30 heavy (non-hydrogen) atoms. The topological polar surface area (TPSA) is 70.7 Å². The second kappa shape index (κ2) is 9.69. The first-order valence-electron chi connectivity index (χ1n) is 9.10. The van der Waals surface area contributed by atoms with E-state index >= 15 is 0 Å². The fraction of sp³-hybridized carbons (Fsp3) is 0.136. The second-order valence-electron chi connectivity index (χ2n) is 6.51. The molecular weight excluding hydrogens is 466 g/mol. The van der Waals surface area contributed by atoms with Crippen molar-refractivity contribution in [2.45, 2.75) is 6.92 Å². The molecule has 0 spiro atoms. The Morgan fingerprint density at radius 1 is 1.07 bits per heavy atom. The van der Waals surface area contributed by atoms with Crippen molar-refractivity contribution in [2.24, 2.45) is 0 Å². The number of nitrogens with zero attached hydrogens (tertiary/aromatic N) is 1. The Bertz CT molecular complexity index is 1100. The lowest BCUT2D eigenvalue weighted by atomic mass is 10.1. The van der Waals surface area contributed by atoms with Gasteiger partial charge in [0.15, 0.2) is 11.7 Å². The van der Waals surface area contributed by atoms with Crippen LogP contribution in [0.3, 0.4) is 0 Å². The lowest BCUT2D eigenvalue weighted by Gasteiger charge is -2.16. The maximum Gasteiger partial charge on any atom is 0.264 e. The molecule has 0 saturated heterocycles. The van der Waals surface area contributed by atoms with Crippen LogP contribution < -0.4 is 20.3 Å². The molecule has 2 amide bonds. The van der Waals surface area contributed by atoms with Crippen molar-refractivity contribution in [1.82, 2.24) is 5.32 Å². The number of carbonyl (C=O) groups is 2. The molecule has 154 valence electrons. The Balaban J connectivity index is 1.53. The molecule has 0 bridgehead atoms. The predicted molar refractivity (Wildman–Crippen MR) is 127 cm³/mol. The fourth-order valence-electron chi connectivity index (χ4n) is 2.74. The standard InChI is InChI=1S/C22H20BrN3O3S/c1-14(27)26(2)17-10-8-16(9-11-17)24-22(30)25-20(28)13-29-19-12-7-15-5-3-4-6-18(15)21(19)23/h3-12H,13H2,1-2H3,(H2,24,25,28,30). The van der Waals surface area contributed by atoms with Crippen molar-refractivity contribution in [3.8, 4) is 5.75 Å². The summed E-state index contributed by atoms with van der Waals surface area (Å²) in [6.45, 7) is 1.32. The van der Waals surface area contributed by atoms with Crippen molar-refractivity contribution in [1.29, 1.82) is 0 Å². The van der Waals surface area contributed by atoms with Gasteiger partial charge in [0.05, 0.1) is 4.47 Å². The zero-order chi connectivity index (χ0) is 21.7. The Labute approximate surface area is 188 Å². The van der Waals surface area contributed by atoms with E-state index in [0.717, 1.165) is 20.9 Å². The monoisotopic (exact) mass is 485 g/mol. The first kappa shape index (κ1) is 21.7. The minimum Gasteiger partial charge on any atom is -0.483 e. The van der Waals surface area contributed by atoms with Gasteiger partial charge in [-0.3, -0.25) is 14.9 Å². The van der Waals surface area contributed by atoms with Gasteiger partial charge in [-0.2, -0.15) is 0 Å². The molecule has 0 aliphatic rings. The molecule has 8 heteroatoms. The zero-order valence-corrected chi connectivity index (χ0v) is 18.8. The predicted octanol–water partition coefficient (Wildman–Crippen LogP) is 4.48. The lowest BCUT2D eigenvalue weighted by Crippen LogP contribution is -2.37. The van der Waals surface area contributed by atoms with Gasteiger partial charge in [-0.1, -0.05) is 30.3 Å². The highest BCUT2D eigenvalue weighted by atomic mass is 79.9. The summed E-state index contributed by atoms with van der Waals surface area (Å²) < 4.78 is 6.43. The van der Waals surface area contributed by atoms with Gasteiger partial charge in [-0.15, -0.1) is 0 Å². The van der Waals surface area contributed by atoms with Crippen molar-refractivity contribution < 1.29 is 14.3 Å². The molecule has 6 nitrogen and oxygen atoms in total. The quantitative estimate of drug-likeness (QED) is 0.521. The van der Waals surface area contributed by atoms with Gasteiger partial charge >= 0.3 is 0 Å². The molecule has 0 heterocycles. The minimum atomic E-state index is -0.375. The number of rotatable bonds is 5. The first-order valence-corrected chi connectivity index (χ1v) is 10.3. The summed E-state index contributed by atoms with van der Waals surface area (Å²) in [7, 11) is 1.70. The van der Waals surface area contributed by atoms with E-state index in [1.165, 1.54) is 11.8 Å². The third kappa shape index (κ3) is 5.34. The molecule has 0 aliphatic heterocycles. The van der Waals surface area contributed by atoms with Crippen LogP contribution in [0.5, 0.6) is 5.75 Å². The van der Waals surface area contributed by atoms with Crippen molar-refractivity contribution >= 4 is 67.2 Å². The van der Waals surface area contributed by atoms with E-state index in [-0.39, 0.29) is 23.5 Å². The number of benzene rings is 3. The van der Waals surface area contributed by atoms with Gasteiger partial charge in [-0.05, 0) is 69.3 Å². The number of amides is 2. The van der Waals surface area contributed by atoms with Crippen LogP contribution in [-0.4, -0.2) is 30.6 Å². The molecule has 0 aromatic heterocycles. The van der Waals surface area contributed by atoms with Crippen LogP contribution >= 0.6 is 28.1 Å². The van der Waals surface area contributed by atoms with Crippen LogP contribution in [0.15, 0.2) is 65.1 Å². The van der Waals surface area contributed by atoms with Gasteiger partial charge in [-0.25, -0.2) is 0 Å². The number of hydrogen-bond acceptors (Lipinski definition) is 4. The molecule has 3 rings (SSSR count). The molecule has 0 radical (unpaired) electrons. The number of ether oxygens (including phenoxy) is 1. The fourth-order valence-corrected chi connectivity index (χ4v) is 3.58. The number of fused-ring (bicyclic) bond motifs is 1. The Kier molecular flexibility index (Phi) is 7.02. The summed E-state index contributed by atoms with van der Waals surface area (Å²) in [4.78, 5) is 25.1. The minimum absolute atomic E-state index is 0.0588. The van der Waals surface area contributed by atoms with Crippen LogP contribution in [0.4, 0.5) is 11.4 Å². The van der Waals surface area contributed by atoms with E-state index in [9.17, 15) is 9.59 Å². The van der Waals surface area contributed by atoms with Gasteiger partial charge < -0.3 is 15.0 Å². The van der Waals surface area contributed by atoms with Crippen molar-refractivity contribution in [3.63, 3.8) is 0 Å². The number of nitrogens with one attached hydrogen (secondary N) is 2. The van der Waals surface area contributed by atoms with Gasteiger partial charge in [0, 0.05) is 25.3 Å². The van der Waals surface area contributed by atoms with Crippen LogP contribution in [0.1, 0.15) is 6.92 Å². The average Bonchev–Trinajstić information content (AvgIpc) is 2.73. The van der Waals surface area contributed by atoms with E-state index in [1.807, 2.05) is 36.4 Å².